The third-order valence-electron chi connectivity index (χ3n) is 5.79. The highest BCUT2D eigenvalue weighted by Gasteiger charge is 2.41. The number of nitrogens with zero attached hydrogens (tertiary/aromatic N) is 4. The molecule has 2 aromatic rings. The van der Waals surface area contributed by atoms with Crippen LogP contribution in [0.25, 0.3) is 0 Å². The number of hydrogen-bond donors (Lipinski definition) is 2. The molecule has 3 aliphatic rings. The van der Waals surface area contributed by atoms with E-state index in [2.05, 4.69) is 25.5 Å². The molecule has 1 saturated carbocycles. The molecule has 0 unspecified atom stereocenters. The van der Waals surface area contributed by atoms with Crippen LogP contribution in [0.5, 0.6) is 0 Å². The topological polar surface area (TPSA) is 69.7 Å². The predicted octanol–water partition coefficient (Wildman–Crippen LogP) is 4.10. The highest BCUT2D eigenvalue weighted by molar-refractivity contribution is 5.61. The van der Waals surface area contributed by atoms with Crippen molar-refractivity contribution < 1.29 is 8.78 Å². The van der Waals surface area contributed by atoms with Crippen LogP contribution < -0.4 is 10.2 Å². The zero-order valence-electron chi connectivity index (χ0n) is 15.1. The van der Waals surface area contributed by atoms with Crippen molar-refractivity contribution in [1.82, 2.24) is 20.2 Å². The van der Waals surface area contributed by atoms with Gasteiger partial charge in [-0.25, -0.2) is 13.8 Å². The predicted molar refractivity (Wildman–Crippen MR) is 98.3 cm³/mol. The summed E-state index contributed by atoms with van der Waals surface area (Å²) >= 11 is 0. The Kier molecular flexibility index (Phi) is 4.02. The summed E-state index contributed by atoms with van der Waals surface area (Å²) in [4.78, 5) is 11.0. The van der Waals surface area contributed by atoms with E-state index in [1.54, 1.807) is 0 Å². The Labute approximate surface area is 156 Å². The molecule has 2 aromatic heterocycles. The van der Waals surface area contributed by atoms with Gasteiger partial charge in [-0.2, -0.15) is 10.1 Å². The van der Waals surface area contributed by atoms with Crippen molar-refractivity contribution in [2.24, 2.45) is 0 Å². The molecule has 27 heavy (non-hydrogen) atoms. The van der Waals surface area contributed by atoms with Crippen molar-refractivity contribution in [2.75, 3.05) is 16.8 Å². The average Bonchev–Trinajstić information content (AvgIpc) is 3.41. The van der Waals surface area contributed by atoms with Crippen LogP contribution in [-0.2, 0) is 12.8 Å². The Morgan fingerprint density at radius 2 is 2.00 bits per heavy atom. The Balaban J connectivity index is 1.45. The minimum Gasteiger partial charge on any atom is -0.336 e. The molecule has 3 heterocycles. The van der Waals surface area contributed by atoms with Crippen LogP contribution in [0.1, 0.15) is 61.4 Å². The molecule has 2 N–H and O–H groups in total. The first-order chi connectivity index (χ1) is 13.1. The van der Waals surface area contributed by atoms with Crippen LogP contribution in [0, 0.1) is 6.54 Å². The van der Waals surface area contributed by atoms with Gasteiger partial charge in [0.05, 0.1) is 18.7 Å². The minimum atomic E-state index is -2.76. The van der Waals surface area contributed by atoms with Crippen molar-refractivity contribution in [3.05, 3.63) is 29.6 Å². The lowest BCUT2D eigenvalue weighted by Gasteiger charge is -2.17. The SMILES string of the molecule is FC1(F)Cc2nc(N3[CH]CCC3)nc(Nc3cc(C4CCCC4)[nH]n3)c2C1. The second-order valence-corrected chi connectivity index (χ2v) is 7.84. The summed E-state index contributed by atoms with van der Waals surface area (Å²) in [7, 11) is 0. The smallest absolute Gasteiger partial charge is 0.257 e. The van der Waals surface area contributed by atoms with Gasteiger partial charge in [0, 0.05) is 36.2 Å². The highest BCUT2D eigenvalue weighted by atomic mass is 19.3. The standard InChI is InChI=1S/C19H23F2N6/c20-19(21)10-13-15(11-19)22-18(27-7-3-4-8-27)24-17(13)23-16-9-14(25-26-16)12-5-1-2-6-12/h7,9,12H,1-6,8,10-11H2,(H2,22,23,24,25,26). The summed E-state index contributed by atoms with van der Waals surface area (Å²) < 4.78 is 28.1. The van der Waals surface area contributed by atoms with Crippen LogP contribution in [0.2, 0.25) is 0 Å². The fraction of sp³-hybridized carbons (Fsp3) is 0.579. The monoisotopic (exact) mass is 373 g/mol. The Morgan fingerprint density at radius 1 is 1.15 bits per heavy atom. The fourth-order valence-electron chi connectivity index (χ4n) is 4.40. The number of halogens is 2. The lowest BCUT2D eigenvalue weighted by Crippen LogP contribution is -2.18. The molecule has 1 saturated heterocycles. The van der Waals surface area contributed by atoms with E-state index in [4.69, 9.17) is 0 Å². The van der Waals surface area contributed by atoms with Crippen LogP contribution in [0.4, 0.5) is 26.4 Å². The van der Waals surface area contributed by atoms with Gasteiger partial charge in [-0.1, -0.05) is 12.8 Å². The van der Waals surface area contributed by atoms with Gasteiger partial charge >= 0.3 is 0 Å². The van der Waals surface area contributed by atoms with Gasteiger partial charge in [-0.3, -0.25) is 5.10 Å². The molecule has 2 aliphatic carbocycles. The second-order valence-electron chi connectivity index (χ2n) is 7.84. The molecule has 0 amide bonds. The summed E-state index contributed by atoms with van der Waals surface area (Å²) in [6, 6.07) is 1.99. The van der Waals surface area contributed by atoms with E-state index in [-0.39, 0.29) is 12.8 Å². The van der Waals surface area contributed by atoms with Gasteiger partial charge in [-0.05, 0) is 25.7 Å². The maximum absolute atomic E-state index is 14.0. The van der Waals surface area contributed by atoms with E-state index in [1.165, 1.54) is 25.7 Å². The van der Waals surface area contributed by atoms with E-state index in [0.29, 0.717) is 34.8 Å². The van der Waals surface area contributed by atoms with Crippen molar-refractivity contribution in [3.8, 4) is 0 Å². The van der Waals surface area contributed by atoms with Gasteiger partial charge in [0.25, 0.3) is 5.92 Å². The van der Waals surface area contributed by atoms with Gasteiger partial charge in [0.2, 0.25) is 5.95 Å². The van der Waals surface area contributed by atoms with Crippen molar-refractivity contribution in [3.63, 3.8) is 0 Å². The first kappa shape index (κ1) is 16.9. The number of alkyl halides is 2. The van der Waals surface area contributed by atoms with Gasteiger partial charge < -0.3 is 10.2 Å². The molecular weight excluding hydrogens is 350 g/mol. The molecule has 2 fully saturated rings. The van der Waals surface area contributed by atoms with Gasteiger partial charge in [-0.15, -0.1) is 0 Å². The molecule has 0 aromatic carbocycles. The summed E-state index contributed by atoms with van der Waals surface area (Å²) in [6.45, 7) is 2.86. The molecule has 1 aliphatic heterocycles. The number of hydrogen-bond acceptors (Lipinski definition) is 5. The van der Waals surface area contributed by atoms with Crippen molar-refractivity contribution >= 4 is 17.6 Å². The number of aromatic nitrogens is 4. The highest BCUT2D eigenvalue weighted by Crippen LogP contribution is 2.39. The third-order valence-corrected chi connectivity index (χ3v) is 5.79. The Morgan fingerprint density at radius 3 is 2.78 bits per heavy atom. The number of rotatable bonds is 4. The Hall–Kier alpha value is -2.25. The van der Waals surface area contributed by atoms with Gasteiger partial charge in [0.1, 0.15) is 5.82 Å². The first-order valence-electron chi connectivity index (χ1n) is 9.77. The molecule has 5 rings (SSSR count). The number of fused-ring (bicyclic) bond motifs is 1. The molecule has 8 heteroatoms. The van der Waals surface area contributed by atoms with Crippen LogP contribution in [0.15, 0.2) is 6.07 Å². The fourth-order valence-corrected chi connectivity index (χ4v) is 4.40. The van der Waals surface area contributed by atoms with Gasteiger partial charge in [0.15, 0.2) is 5.82 Å². The summed E-state index contributed by atoms with van der Waals surface area (Å²) in [6.07, 6.45) is 6.18. The number of nitrogens with one attached hydrogen (secondary N) is 2. The summed E-state index contributed by atoms with van der Waals surface area (Å²) in [5.41, 5.74) is 2.06. The molecule has 0 bridgehead atoms. The van der Waals surface area contributed by atoms with Crippen molar-refractivity contribution in [1.29, 1.82) is 0 Å². The number of aromatic amines is 1. The molecule has 143 valence electrons. The lowest BCUT2D eigenvalue weighted by atomic mass is 10.0. The van der Waals surface area contributed by atoms with E-state index >= 15 is 0 Å². The summed E-state index contributed by atoms with van der Waals surface area (Å²) in [5, 5.41) is 10.6. The average molecular weight is 373 g/mol. The van der Waals surface area contributed by atoms with Crippen LogP contribution in [0.3, 0.4) is 0 Å². The zero-order valence-corrected chi connectivity index (χ0v) is 15.1. The molecule has 0 atom stereocenters. The zero-order chi connectivity index (χ0) is 18.4. The minimum absolute atomic E-state index is 0.325. The maximum Gasteiger partial charge on any atom is 0.257 e. The number of anilines is 3. The maximum atomic E-state index is 14.0. The number of H-pyrrole nitrogens is 1. The molecule has 0 spiro atoms. The Bertz CT molecular complexity index is 837. The van der Waals surface area contributed by atoms with Crippen molar-refractivity contribution in [2.45, 2.75) is 63.2 Å². The lowest BCUT2D eigenvalue weighted by molar-refractivity contribution is 0.0126. The van der Waals surface area contributed by atoms with Crippen LogP contribution >= 0.6 is 0 Å². The molecule has 6 nitrogen and oxygen atoms in total. The second kappa shape index (κ2) is 6.42. The van der Waals surface area contributed by atoms with Crippen LogP contribution in [-0.4, -0.2) is 32.6 Å². The van der Waals surface area contributed by atoms with E-state index < -0.39 is 5.92 Å². The van der Waals surface area contributed by atoms with E-state index in [0.717, 1.165) is 25.1 Å². The summed E-state index contributed by atoms with van der Waals surface area (Å²) in [5.74, 6) is -0.663. The third kappa shape index (κ3) is 3.26. The first-order valence-corrected chi connectivity index (χ1v) is 9.77. The molecular formula is C19H23F2N6. The normalized spacial score (nSPS) is 21.8. The van der Waals surface area contributed by atoms with E-state index in [9.17, 15) is 8.78 Å². The largest absolute Gasteiger partial charge is 0.336 e. The molecule has 1 radical (unpaired) electrons. The quantitative estimate of drug-likeness (QED) is 0.845. The van der Waals surface area contributed by atoms with E-state index in [1.807, 2.05) is 17.5 Å².